The second kappa shape index (κ2) is 7.44. The Labute approximate surface area is 129 Å². The summed E-state index contributed by atoms with van der Waals surface area (Å²) in [6, 6.07) is -0.629. The van der Waals surface area contributed by atoms with E-state index in [2.05, 4.69) is 0 Å². The fraction of sp³-hybridized carbons (Fsp3) is 0.786. The van der Waals surface area contributed by atoms with Crippen LogP contribution in [-0.4, -0.2) is 64.5 Å². The standard InChI is InChI=1S/C14H23NO7/c1-14(2,3)22-13(20)15-4-5-21-8-10(15)9(6-11(16)17)7-12(18)19/h9-10H,4-8H2,1-3H3,(H,16,17)(H,18,19). The third-order valence-corrected chi connectivity index (χ3v) is 3.21. The minimum Gasteiger partial charge on any atom is -0.481 e. The molecule has 0 aromatic heterocycles. The summed E-state index contributed by atoms with van der Waals surface area (Å²) < 4.78 is 10.6. The van der Waals surface area contributed by atoms with Gasteiger partial charge in [0.05, 0.1) is 32.1 Å². The lowest BCUT2D eigenvalue weighted by atomic mass is 9.91. The molecule has 1 amide bonds. The van der Waals surface area contributed by atoms with Crippen LogP contribution >= 0.6 is 0 Å². The van der Waals surface area contributed by atoms with E-state index in [0.717, 1.165) is 0 Å². The Bertz CT molecular complexity index is 413. The summed E-state index contributed by atoms with van der Waals surface area (Å²) in [6.07, 6.45) is -1.28. The average molecular weight is 317 g/mol. The molecule has 1 saturated heterocycles. The van der Waals surface area contributed by atoms with Crippen LogP contribution in [0.3, 0.4) is 0 Å². The van der Waals surface area contributed by atoms with Crippen LogP contribution in [0.1, 0.15) is 33.6 Å². The molecule has 1 fully saturated rings. The number of aliphatic carboxylic acids is 2. The molecule has 0 aliphatic carbocycles. The van der Waals surface area contributed by atoms with Crippen LogP contribution in [-0.2, 0) is 19.1 Å². The first-order chi connectivity index (χ1) is 10.1. The van der Waals surface area contributed by atoms with Gasteiger partial charge >= 0.3 is 18.0 Å². The van der Waals surface area contributed by atoms with Crippen molar-refractivity contribution < 1.29 is 34.1 Å². The molecule has 1 heterocycles. The molecule has 8 heteroatoms. The minimum atomic E-state index is -1.11. The molecule has 8 nitrogen and oxygen atoms in total. The van der Waals surface area contributed by atoms with Crippen molar-refractivity contribution in [3.8, 4) is 0 Å². The van der Waals surface area contributed by atoms with Gasteiger partial charge in [0, 0.05) is 12.5 Å². The number of carboxylic acids is 2. The molecule has 22 heavy (non-hydrogen) atoms. The number of hydrogen-bond acceptors (Lipinski definition) is 5. The summed E-state index contributed by atoms with van der Waals surface area (Å²) in [4.78, 5) is 35.6. The van der Waals surface area contributed by atoms with Crippen LogP contribution < -0.4 is 0 Å². The summed E-state index contributed by atoms with van der Waals surface area (Å²) in [5.74, 6) is -2.95. The first-order valence-electron chi connectivity index (χ1n) is 7.11. The van der Waals surface area contributed by atoms with Crippen molar-refractivity contribution in [3.63, 3.8) is 0 Å². The summed E-state index contributed by atoms with van der Waals surface area (Å²) >= 11 is 0. The van der Waals surface area contributed by atoms with E-state index in [1.165, 1.54) is 4.90 Å². The van der Waals surface area contributed by atoms with E-state index < -0.39 is 35.6 Å². The first-order valence-corrected chi connectivity index (χ1v) is 7.11. The van der Waals surface area contributed by atoms with Gasteiger partial charge in [-0.25, -0.2) is 4.79 Å². The van der Waals surface area contributed by atoms with E-state index in [1.807, 2.05) is 0 Å². The zero-order valence-electron chi connectivity index (χ0n) is 13.1. The molecular formula is C14H23NO7. The van der Waals surface area contributed by atoms with E-state index in [-0.39, 0.29) is 26.0 Å². The molecule has 0 aromatic carbocycles. The summed E-state index contributed by atoms with van der Waals surface area (Å²) in [5.41, 5.74) is -0.685. The molecular weight excluding hydrogens is 294 g/mol. The maximum absolute atomic E-state index is 12.3. The third-order valence-electron chi connectivity index (χ3n) is 3.21. The maximum Gasteiger partial charge on any atom is 0.410 e. The molecule has 0 aromatic rings. The van der Waals surface area contributed by atoms with Gasteiger partial charge in [-0.2, -0.15) is 0 Å². The van der Waals surface area contributed by atoms with Crippen LogP contribution in [0.15, 0.2) is 0 Å². The molecule has 1 rings (SSSR count). The Morgan fingerprint density at radius 2 is 1.77 bits per heavy atom. The first kappa shape index (κ1) is 18.2. The highest BCUT2D eigenvalue weighted by atomic mass is 16.6. The average Bonchev–Trinajstić information content (AvgIpc) is 2.34. The van der Waals surface area contributed by atoms with Gasteiger partial charge in [-0.15, -0.1) is 0 Å². The van der Waals surface area contributed by atoms with Gasteiger partial charge in [0.15, 0.2) is 0 Å². The zero-order chi connectivity index (χ0) is 16.9. The molecule has 126 valence electrons. The van der Waals surface area contributed by atoms with E-state index in [9.17, 15) is 14.4 Å². The van der Waals surface area contributed by atoms with Gasteiger partial charge in [-0.3, -0.25) is 9.59 Å². The molecule has 1 aliphatic rings. The van der Waals surface area contributed by atoms with Gasteiger partial charge < -0.3 is 24.6 Å². The van der Waals surface area contributed by atoms with Crippen molar-refractivity contribution in [2.24, 2.45) is 5.92 Å². The molecule has 1 atom stereocenters. The van der Waals surface area contributed by atoms with Crippen molar-refractivity contribution in [1.29, 1.82) is 0 Å². The van der Waals surface area contributed by atoms with Crippen molar-refractivity contribution in [2.45, 2.75) is 45.3 Å². The van der Waals surface area contributed by atoms with Crippen molar-refractivity contribution in [1.82, 2.24) is 4.90 Å². The number of hydrogen-bond donors (Lipinski definition) is 2. The Morgan fingerprint density at radius 3 is 2.23 bits per heavy atom. The smallest absolute Gasteiger partial charge is 0.410 e. The van der Waals surface area contributed by atoms with Gasteiger partial charge in [0.25, 0.3) is 0 Å². The zero-order valence-corrected chi connectivity index (χ0v) is 13.1. The van der Waals surface area contributed by atoms with E-state index >= 15 is 0 Å². The highest BCUT2D eigenvalue weighted by Crippen LogP contribution is 2.24. The number of carbonyl (C=O) groups excluding carboxylic acids is 1. The Kier molecular flexibility index (Phi) is 6.16. The number of amides is 1. The van der Waals surface area contributed by atoms with E-state index in [4.69, 9.17) is 19.7 Å². The van der Waals surface area contributed by atoms with Crippen LogP contribution in [0.5, 0.6) is 0 Å². The quantitative estimate of drug-likeness (QED) is 0.782. The minimum absolute atomic E-state index is 0.102. The molecule has 1 aliphatic heterocycles. The molecule has 0 bridgehead atoms. The van der Waals surface area contributed by atoms with Crippen molar-refractivity contribution in [2.75, 3.05) is 19.8 Å². The molecule has 0 saturated carbocycles. The van der Waals surface area contributed by atoms with Crippen molar-refractivity contribution >= 4 is 18.0 Å². The fourth-order valence-corrected chi connectivity index (χ4v) is 2.35. The highest BCUT2D eigenvalue weighted by molar-refractivity contribution is 5.72. The number of ether oxygens (including phenoxy) is 2. The van der Waals surface area contributed by atoms with E-state index in [1.54, 1.807) is 20.8 Å². The largest absolute Gasteiger partial charge is 0.481 e. The Balaban J connectivity index is 2.90. The lowest BCUT2D eigenvalue weighted by Gasteiger charge is -2.39. The molecule has 2 N–H and O–H groups in total. The molecule has 0 radical (unpaired) electrons. The monoisotopic (exact) mass is 317 g/mol. The van der Waals surface area contributed by atoms with E-state index in [0.29, 0.717) is 6.61 Å². The summed E-state index contributed by atoms with van der Waals surface area (Å²) in [5, 5.41) is 17.9. The fourth-order valence-electron chi connectivity index (χ4n) is 2.35. The van der Waals surface area contributed by atoms with Crippen LogP contribution in [0.25, 0.3) is 0 Å². The summed E-state index contributed by atoms with van der Waals surface area (Å²) in [7, 11) is 0. The van der Waals surface area contributed by atoms with Gasteiger partial charge in [-0.05, 0) is 20.8 Å². The predicted octanol–water partition coefficient (Wildman–Crippen LogP) is 1.19. The van der Waals surface area contributed by atoms with Crippen LogP contribution in [0, 0.1) is 5.92 Å². The van der Waals surface area contributed by atoms with Gasteiger partial charge in [-0.1, -0.05) is 0 Å². The molecule has 0 spiro atoms. The van der Waals surface area contributed by atoms with Crippen molar-refractivity contribution in [3.05, 3.63) is 0 Å². The van der Waals surface area contributed by atoms with Crippen LogP contribution in [0.2, 0.25) is 0 Å². The predicted molar refractivity (Wildman–Crippen MR) is 75.5 cm³/mol. The molecule has 1 unspecified atom stereocenters. The van der Waals surface area contributed by atoms with Crippen LogP contribution in [0.4, 0.5) is 4.79 Å². The second-order valence-electron chi connectivity index (χ2n) is 6.27. The maximum atomic E-state index is 12.3. The number of carbonyl (C=O) groups is 3. The number of morpholine rings is 1. The second-order valence-corrected chi connectivity index (χ2v) is 6.27. The Morgan fingerprint density at radius 1 is 1.23 bits per heavy atom. The number of rotatable bonds is 5. The lowest BCUT2D eigenvalue weighted by Crippen LogP contribution is -2.54. The topological polar surface area (TPSA) is 113 Å². The summed E-state index contributed by atoms with van der Waals surface area (Å²) in [6.45, 7) is 5.84. The number of nitrogens with zero attached hydrogens (tertiary/aromatic N) is 1. The normalized spacial score (nSPS) is 19.1. The number of carboxylic acid groups (broad SMARTS) is 2. The lowest BCUT2D eigenvalue weighted by molar-refractivity contribution is -0.143. The highest BCUT2D eigenvalue weighted by Gasteiger charge is 2.37. The third kappa shape index (κ3) is 5.88. The van der Waals surface area contributed by atoms with Gasteiger partial charge in [0.2, 0.25) is 0 Å². The Hall–Kier alpha value is -1.83. The SMILES string of the molecule is CC(C)(C)OC(=O)N1CCOCC1C(CC(=O)O)CC(=O)O. The van der Waals surface area contributed by atoms with Gasteiger partial charge in [0.1, 0.15) is 5.60 Å².